The van der Waals surface area contributed by atoms with E-state index in [0.29, 0.717) is 23.6 Å². The maximum absolute atomic E-state index is 13.2. The molecule has 0 spiro atoms. The SMILES string of the molecule is Cc1ccc(N2C(=O)C(=O)/C(=C(\O)c3ccc4c(c3)CCCO4)C2c2ccco2)c(C)c1. The van der Waals surface area contributed by atoms with Gasteiger partial charge in [-0.2, -0.15) is 0 Å². The lowest BCUT2D eigenvalue weighted by atomic mass is 9.96. The second-order valence-corrected chi connectivity index (χ2v) is 8.25. The van der Waals surface area contributed by atoms with Crippen molar-refractivity contribution in [2.75, 3.05) is 11.5 Å². The molecule has 32 heavy (non-hydrogen) atoms. The lowest BCUT2D eigenvalue weighted by Gasteiger charge is -2.25. The van der Waals surface area contributed by atoms with Gasteiger partial charge < -0.3 is 14.3 Å². The van der Waals surface area contributed by atoms with Crippen molar-refractivity contribution in [1.29, 1.82) is 0 Å². The number of aliphatic hydroxyl groups is 1. The summed E-state index contributed by atoms with van der Waals surface area (Å²) in [5, 5.41) is 11.3. The number of furan rings is 1. The monoisotopic (exact) mass is 429 g/mol. The van der Waals surface area contributed by atoms with Crippen LogP contribution in [0.5, 0.6) is 5.75 Å². The number of ether oxygens (including phenoxy) is 1. The van der Waals surface area contributed by atoms with Gasteiger partial charge in [-0.3, -0.25) is 14.5 Å². The Labute approximate surface area is 185 Å². The van der Waals surface area contributed by atoms with Crippen molar-refractivity contribution < 1.29 is 23.8 Å². The molecule has 1 atom stereocenters. The molecule has 1 fully saturated rings. The zero-order valence-electron chi connectivity index (χ0n) is 17.9. The molecular weight excluding hydrogens is 406 g/mol. The van der Waals surface area contributed by atoms with Crippen molar-refractivity contribution in [2.45, 2.75) is 32.7 Å². The third kappa shape index (κ3) is 3.19. The predicted octanol–water partition coefficient (Wildman–Crippen LogP) is 4.85. The van der Waals surface area contributed by atoms with Gasteiger partial charge in [-0.25, -0.2) is 0 Å². The number of anilines is 1. The molecule has 0 radical (unpaired) electrons. The molecule has 3 heterocycles. The Morgan fingerprint density at radius 1 is 1.09 bits per heavy atom. The van der Waals surface area contributed by atoms with Crippen LogP contribution in [-0.2, 0) is 16.0 Å². The Balaban J connectivity index is 1.68. The molecule has 6 heteroatoms. The van der Waals surface area contributed by atoms with Crippen LogP contribution in [0.2, 0.25) is 0 Å². The standard InChI is InChI=1S/C26H23NO5/c1-15-7-9-19(16(2)13-15)27-23(21-6-4-12-32-21)22(25(29)26(27)30)24(28)18-8-10-20-17(14-18)5-3-11-31-20/h4,6-10,12-14,23,28H,3,5,11H2,1-2H3/b24-22-. The van der Waals surface area contributed by atoms with Gasteiger partial charge >= 0.3 is 0 Å². The molecule has 0 bridgehead atoms. The van der Waals surface area contributed by atoms with E-state index in [1.165, 1.54) is 11.2 Å². The number of rotatable bonds is 3. The third-order valence-electron chi connectivity index (χ3n) is 6.05. The minimum atomic E-state index is -0.862. The first-order chi connectivity index (χ1) is 15.5. The zero-order chi connectivity index (χ0) is 22.4. The minimum absolute atomic E-state index is 0.0154. The van der Waals surface area contributed by atoms with Gasteiger partial charge in [0.2, 0.25) is 0 Å². The van der Waals surface area contributed by atoms with Gasteiger partial charge in [0, 0.05) is 11.3 Å². The van der Waals surface area contributed by atoms with Crippen LogP contribution in [0, 0.1) is 13.8 Å². The molecule has 5 rings (SSSR count). The van der Waals surface area contributed by atoms with Gasteiger partial charge in [0.15, 0.2) is 0 Å². The van der Waals surface area contributed by atoms with Gasteiger partial charge in [0.1, 0.15) is 23.3 Å². The Kier molecular flexibility index (Phi) is 4.85. The molecule has 2 aliphatic rings. The highest BCUT2D eigenvalue weighted by Gasteiger charge is 2.48. The van der Waals surface area contributed by atoms with Gasteiger partial charge in [0.25, 0.3) is 11.7 Å². The summed E-state index contributed by atoms with van der Waals surface area (Å²) in [6, 6.07) is 13.6. The molecule has 1 unspecified atom stereocenters. The van der Waals surface area contributed by atoms with Crippen molar-refractivity contribution in [1.82, 2.24) is 0 Å². The van der Waals surface area contributed by atoms with Gasteiger partial charge in [-0.15, -0.1) is 0 Å². The summed E-state index contributed by atoms with van der Waals surface area (Å²) in [5.41, 5.74) is 3.98. The molecule has 162 valence electrons. The summed E-state index contributed by atoms with van der Waals surface area (Å²) in [7, 11) is 0. The quantitative estimate of drug-likeness (QED) is 0.366. The van der Waals surface area contributed by atoms with Crippen molar-refractivity contribution in [3.05, 3.63) is 88.4 Å². The summed E-state index contributed by atoms with van der Waals surface area (Å²) in [5.74, 6) is -0.456. The van der Waals surface area contributed by atoms with Crippen LogP contribution in [0.4, 0.5) is 5.69 Å². The van der Waals surface area contributed by atoms with Crippen LogP contribution < -0.4 is 9.64 Å². The first-order valence-electron chi connectivity index (χ1n) is 10.6. The van der Waals surface area contributed by atoms with E-state index >= 15 is 0 Å². The van der Waals surface area contributed by atoms with E-state index in [9.17, 15) is 14.7 Å². The number of ketones is 1. The molecule has 1 amide bonds. The number of benzene rings is 2. The third-order valence-corrected chi connectivity index (χ3v) is 6.05. The first-order valence-corrected chi connectivity index (χ1v) is 10.6. The van der Waals surface area contributed by atoms with Gasteiger partial charge in [0.05, 0.1) is 18.4 Å². The fourth-order valence-corrected chi connectivity index (χ4v) is 4.54. The van der Waals surface area contributed by atoms with Crippen LogP contribution in [0.1, 0.15) is 40.5 Å². The number of aryl methyl sites for hydroxylation is 3. The largest absolute Gasteiger partial charge is 0.507 e. The van der Waals surface area contributed by atoms with E-state index < -0.39 is 17.7 Å². The number of fused-ring (bicyclic) bond motifs is 1. The van der Waals surface area contributed by atoms with Crippen molar-refractivity contribution in [3.63, 3.8) is 0 Å². The van der Waals surface area contributed by atoms with E-state index in [1.54, 1.807) is 24.3 Å². The van der Waals surface area contributed by atoms with E-state index in [2.05, 4.69) is 0 Å². The van der Waals surface area contributed by atoms with Crippen LogP contribution in [-0.4, -0.2) is 23.4 Å². The van der Waals surface area contributed by atoms with Crippen LogP contribution in [0.25, 0.3) is 5.76 Å². The van der Waals surface area contributed by atoms with Crippen LogP contribution in [0.15, 0.2) is 64.8 Å². The Morgan fingerprint density at radius 2 is 1.94 bits per heavy atom. The highest BCUT2D eigenvalue weighted by atomic mass is 16.5. The number of carbonyl (C=O) groups is 2. The predicted molar refractivity (Wildman–Crippen MR) is 120 cm³/mol. The fourth-order valence-electron chi connectivity index (χ4n) is 4.54. The highest BCUT2D eigenvalue weighted by Crippen LogP contribution is 2.43. The Morgan fingerprint density at radius 3 is 2.69 bits per heavy atom. The molecule has 1 aromatic heterocycles. The normalized spacial score (nSPS) is 19.7. The Bertz CT molecular complexity index is 1260. The lowest BCUT2D eigenvalue weighted by Crippen LogP contribution is -2.30. The summed E-state index contributed by atoms with van der Waals surface area (Å²) in [6.07, 6.45) is 3.21. The van der Waals surface area contributed by atoms with Crippen molar-refractivity contribution in [3.8, 4) is 5.75 Å². The number of nitrogens with zero attached hydrogens (tertiary/aromatic N) is 1. The molecule has 0 saturated carbocycles. The number of hydrogen-bond donors (Lipinski definition) is 1. The van der Waals surface area contributed by atoms with E-state index in [-0.39, 0.29) is 11.3 Å². The van der Waals surface area contributed by atoms with E-state index in [1.807, 2.05) is 38.1 Å². The number of Topliss-reactive ketones (excluding diaryl/α,β-unsaturated/α-hetero) is 1. The maximum atomic E-state index is 13.2. The molecule has 2 aromatic carbocycles. The molecule has 1 saturated heterocycles. The Hall–Kier alpha value is -3.80. The maximum Gasteiger partial charge on any atom is 0.300 e. The van der Waals surface area contributed by atoms with Crippen molar-refractivity contribution in [2.24, 2.45) is 0 Å². The smallest absolute Gasteiger partial charge is 0.300 e. The molecule has 1 N–H and O–H groups in total. The second kappa shape index (κ2) is 7.71. The molecule has 6 nitrogen and oxygen atoms in total. The molecule has 3 aromatic rings. The van der Waals surface area contributed by atoms with Crippen LogP contribution in [0.3, 0.4) is 0 Å². The highest BCUT2D eigenvalue weighted by molar-refractivity contribution is 6.51. The molecule has 2 aliphatic heterocycles. The summed E-state index contributed by atoms with van der Waals surface area (Å²) in [4.78, 5) is 27.8. The summed E-state index contributed by atoms with van der Waals surface area (Å²) < 4.78 is 11.3. The van der Waals surface area contributed by atoms with Gasteiger partial charge in [-0.05, 0) is 74.2 Å². The average Bonchev–Trinajstić information content (AvgIpc) is 3.40. The summed E-state index contributed by atoms with van der Waals surface area (Å²) in [6.45, 7) is 4.52. The van der Waals surface area contributed by atoms with E-state index in [4.69, 9.17) is 9.15 Å². The number of hydrogen-bond acceptors (Lipinski definition) is 5. The van der Waals surface area contributed by atoms with Crippen molar-refractivity contribution >= 4 is 23.1 Å². The van der Waals surface area contributed by atoms with E-state index in [0.717, 1.165) is 35.3 Å². The second-order valence-electron chi connectivity index (χ2n) is 8.25. The zero-order valence-corrected chi connectivity index (χ0v) is 17.9. The lowest BCUT2D eigenvalue weighted by molar-refractivity contribution is -0.132. The number of amides is 1. The van der Waals surface area contributed by atoms with Crippen LogP contribution >= 0.6 is 0 Å². The fraction of sp³-hybridized carbons (Fsp3) is 0.231. The minimum Gasteiger partial charge on any atom is -0.507 e. The topological polar surface area (TPSA) is 80.0 Å². The number of aliphatic hydroxyl groups excluding tert-OH is 1. The van der Waals surface area contributed by atoms with Gasteiger partial charge in [-0.1, -0.05) is 17.7 Å². The average molecular weight is 429 g/mol. The molecule has 0 aliphatic carbocycles. The molecular formula is C26H23NO5. The first kappa shape index (κ1) is 20.1. The number of carbonyl (C=O) groups excluding carboxylic acids is 2. The summed E-state index contributed by atoms with van der Waals surface area (Å²) >= 11 is 0.